The number of pyridine rings is 1. The number of benzene rings is 1. The average Bonchev–Trinajstić information content (AvgIpc) is 2.41. The molecule has 0 aliphatic rings. The van der Waals surface area contributed by atoms with Gasteiger partial charge in [-0.1, -0.05) is 12.1 Å². The van der Waals surface area contributed by atoms with Crippen molar-refractivity contribution < 1.29 is 14.3 Å². The first-order valence-electron chi connectivity index (χ1n) is 6.25. The molecule has 1 aromatic heterocycles. The Morgan fingerprint density at radius 2 is 1.95 bits per heavy atom. The zero-order valence-electron chi connectivity index (χ0n) is 11.1. The smallest absolute Gasteiger partial charge is 0.339 e. The molecule has 0 bridgehead atoms. The van der Waals surface area contributed by atoms with Crippen molar-refractivity contribution in [3.63, 3.8) is 0 Å². The Morgan fingerprint density at radius 3 is 2.60 bits per heavy atom. The standard InChI is InChI=1S/C15H15FN2O2/c1-10-2-7-13(15(19)20)14(18-10)17-9-8-11-3-5-12(16)6-4-11/h2-7H,8-9H2,1H3,(H,17,18)(H,19,20). The first kappa shape index (κ1) is 14.0. The molecule has 2 N–H and O–H groups in total. The van der Waals surface area contributed by atoms with Crippen LogP contribution < -0.4 is 5.32 Å². The van der Waals surface area contributed by atoms with Gasteiger partial charge >= 0.3 is 5.97 Å². The van der Waals surface area contributed by atoms with Crippen LogP contribution in [0.15, 0.2) is 36.4 Å². The maximum absolute atomic E-state index is 12.8. The highest BCUT2D eigenvalue weighted by atomic mass is 19.1. The molecule has 0 saturated carbocycles. The molecule has 1 aromatic carbocycles. The third kappa shape index (κ3) is 3.54. The molecule has 2 rings (SSSR count). The van der Waals surface area contributed by atoms with Crippen molar-refractivity contribution in [2.24, 2.45) is 0 Å². The van der Waals surface area contributed by atoms with Crippen LogP contribution in [0.5, 0.6) is 0 Å². The number of aryl methyl sites for hydroxylation is 1. The van der Waals surface area contributed by atoms with Gasteiger partial charge in [0.2, 0.25) is 0 Å². The summed E-state index contributed by atoms with van der Waals surface area (Å²) < 4.78 is 12.8. The monoisotopic (exact) mass is 274 g/mol. The quantitative estimate of drug-likeness (QED) is 0.880. The molecule has 0 fully saturated rings. The number of aromatic carboxylic acids is 1. The number of carboxylic acids is 1. The van der Waals surface area contributed by atoms with Crippen molar-refractivity contribution in [1.82, 2.24) is 4.98 Å². The molecule has 0 radical (unpaired) electrons. The number of anilines is 1. The number of hydrogen-bond donors (Lipinski definition) is 2. The number of carboxylic acid groups (broad SMARTS) is 1. The fraction of sp³-hybridized carbons (Fsp3) is 0.200. The van der Waals surface area contributed by atoms with Gasteiger partial charge in [-0.3, -0.25) is 0 Å². The molecule has 5 heteroatoms. The molecule has 2 aromatic rings. The van der Waals surface area contributed by atoms with Gasteiger partial charge in [0.15, 0.2) is 0 Å². The summed E-state index contributed by atoms with van der Waals surface area (Å²) in [5.41, 5.74) is 1.87. The van der Waals surface area contributed by atoms with Crippen molar-refractivity contribution in [2.45, 2.75) is 13.3 Å². The lowest BCUT2D eigenvalue weighted by Crippen LogP contribution is -2.11. The minimum absolute atomic E-state index is 0.148. The first-order valence-corrected chi connectivity index (χ1v) is 6.25. The van der Waals surface area contributed by atoms with Gasteiger partial charge in [0.25, 0.3) is 0 Å². The van der Waals surface area contributed by atoms with E-state index in [1.807, 2.05) is 0 Å². The first-order chi connectivity index (χ1) is 9.56. The van der Waals surface area contributed by atoms with Crippen molar-refractivity contribution in [1.29, 1.82) is 0 Å². The maximum Gasteiger partial charge on any atom is 0.339 e. The molecule has 0 atom stereocenters. The molecule has 0 aliphatic carbocycles. The molecule has 0 amide bonds. The van der Waals surface area contributed by atoms with Crippen molar-refractivity contribution in [3.8, 4) is 0 Å². The highest BCUT2D eigenvalue weighted by Crippen LogP contribution is 2.13. The number of rotatable bonds is 5. The van der Waals surface area contributed by atoms with E-state index in [2.05, 4.69) is 10.3 Å². The summed E-state index contributed by atoms with van der Waals surface area (Å²) in [6, 6.07) is 9.42. The van der Waals surface area contributed by atoms with Crippen LogP contribution in [0.2, 0.25) is 0 Å². The molecule has 104 valence electrons. The Balaban J connectivity index is 2.02. The Hall–Kier alpha value is -2.43. The second kappa shape index (κ2) is 6.14. The van der Waals surface area contributed by atoms with Crippen molar-refractivity contribution in [3.05, 3.63) is 59.0 Å². The summed E-state index contributed by atoms with van der Waals surface area (Å²) in [5, 5.41) is 12.1. The molecule has 4 nitrogen and oxygen atoms in total. The van der Waals surface area contributed by atoms with Crippen molar-refractivity contribution >= 4 is 11.8 Å². The summed E-state index contributed by atoms with van der Waals surface area (Å²) in [5.74, 6) is -0.920. The molecular weight excluding hydrogens is 259 g/mol. The van der Waals surface area contributed by atoms with E-state index >= 15 is 0 Å². The number of carbonyl (C=O) groups is 1. The third-order valence-corrected chi connectivity index (χ3v) is 2.88. The van der Waals surface area contributed by atoms with E-state index in [0.717, 1.165) is 11.3 Å². The highest BCUT2D eigenvalue weighted by molar-refractivity contribution is 5.93. The number of nitrogens with one attached hydrogen (secondary N) is 1. The Kier molecular flexibility index (Phi) is 4.30. The zero-order valence-corrected chi connectivity index (χ0v) is 11.1. The molecule has 0 saturated heterocycles. The Morgan fingerprint density at radius 1 is 1.25 bits per heavy atom. The molecule has 20 heavy (non-hydrogen) atoms. The van der Waals surface area contributed by atoms with Gasteiger partial charge in [-0.2, -0.15) is 0 Å². The van der Waals surface area contributed by atoms with Crippen LogP contribution >= 0.6 is 0 Å². The van der Waals surface area contributed by atoms with Gasteiger partial charge in [0.1, 0.15) is 17.2 Å². The van der Waals surface area contributed by atoms with E-state index in [0.29, 0.717) is 18.8 Å². The minimum atomic E-state index is -1.01. The van der Waals surface area contributed by atoms with Crippen LogP contribution in [0.3, 0.4) is 0 Å². The molecule has 0 unspecified atom stereocenters. The average molecular weight is 274 g/mol. The second-order valence-electron chi connectivity index (χ2n) is 4.46. The summed E-state index contributed by atoms with van der Waals surface area (Å²) in [6.45, 7) is 2.33. The van der Waals surface area contributed by atoms with Crippen LogP contribution in [-0.2, 0) is 6.42 Å². The maximum atomic E-state index is 12.8. The van der Waals surface area contributed by atoms with E-state index in [4.69, 9.17) is 5.11 Å². The van der Waals surface area contributed by atoms with Gasteiger partial charge in [-0.15, -0.1) is 0 Å². The van der Waals surface area contributed by atoms with E-state index in [1.165, 1.54) is 18.2 Å². The normalized spacial score (nSPS) is 10.3. The number of aromatic nitrogens is 1. The summed E-state index contributed by atoms with van der Waals surface area (Å²) in [6.07, 6.45) is 0.662. The lowest BCUT2D eigenvalue weighted by molar-refractivity contribution is 0.0697. The second-order valence-corrected chi connectivity index (χ2v) is 4.46. The van der Waals surface area contributed by atoms with E-state index < -0.39 is 5.97 Å². The van der Waals surface area contributed by atoms with Crippen LogP contribution in [0, 0.1) is 12.7 Å². The number of hydrogen-bond acceptors (Lipinski definition) is 3. The lowest BCUT2D eigenvalue weighted by Gasteiger charge is -2.09. The van der Waals surface area contributed by atoms with Crippen molar-refractivity contribution in [2.75, 3.05) is 11.9 Å². The number of halogens is 1. The minimum Gasteiger partial charge on any atom is -0.478 e. The number of nitrogens with zero attached hydrogens (tertiary/aromatic N) is 1. The van der Waals surface area contributed by atoms with Gasteiger partial charge in [0.05, 0.1) is 0 Å². The van der Waals surface area contributed by atoms with E-state index in [9.17, 15) is 9.18 Å². The van der Waals surface area contributed by atoms with Crippen LogP contribution in [0.4, 0.5) is 10.2 Å². The fourth-order valence-electron chi connectivity index (χ4n) is 1.84. The predicted molar refractivity (Wildman–Crippen MR) is 74.5 cm³/mol. The SMILES string of the molecule is Cc1ccc(C(=O)O)c(NCCc2ccc(F)cc2)n1. The van der Waals surface area contributed by atoms with Gasteiger partial charge < -0.3 is 10.4 Å². The molecular formula is C15H15FN2O2. The Labute approximate surface area is 116 Å². The molecule has 0 spiro atoms. The van der Waals surface area contributed by atoms with Crippen LogP contribution in [0.1, 0.15) is 21.6 Å². The summed E-state index contributed by atoms with van der Waals surface area (Å²) in [4.78, 5) is 15.3. The largest absolute Gasteiger partial charge is 0.478 e. The van der Waals surface area contributed by atoms with Crippen LogP contribution in [0.25, 0.3) is 0 Å². The van der Waals surface area contributed by atoms with Gasteiger partial charge in [-0.25, -0.2) is 14.2 Å². The summed E-state index contributed by atoms with van der Waals surface area (Å²) >= 11 is 0. The lowest BCUT2D eigenvalue weighted by atomic mass is 10.1. The highest BCUT2D eigenvalue weighted by Gasteiger charge is 2.10. The van der Waals surface area contributed by atoms with E-state index in [-0.39, 0.29) is 11.4 Å². The third-order valence-electron chi connectivity index (χ3n) is 2.88. The summed E-state index contributed by atoms with van der Waals surface area (Å²) in [7, 11) is 0. The molecule has 0 aliphatic heterocycles. The van der Waals surface area contributed by atoms with Crippen LogP contribution in [-0.4, -0.2) is 22.6 Å². The van der Waals surface area contributed by atoms with Gasteiger partial charge in [0, 0.05) is 12.2 Å². The molecule has 1 heterocycles. The topological polar surface area (TPSA) is 62.2 Å². The predicted octanol–water partition coefficient (Wildman–Crippen LogP) is 2.88. The Bertz CT molecular complexity index is 612. The zero-order chi connectivity index (χ0) is 14.5. The van der Waals surface area contributed by atoms with Gasteiger partial charge in [-0.05, 0) is 43.2 Å². The fourth-order valence-corrected chi connectivity index (χ4v) is 1.84. The van der Waals surface area contributed by atoms with E-state index in [1.54, 1.807) is 25.1 Å².